The molecular weight excluding hydrogens is 250 g/mol. The minimum absolute atomic E-state index is 0.628. The molecule has 0 aliphatic carbocycles. The van der Waals surface area contributed by atoms with Gasteiger partial charge in [-0.1, -0.05) is 53.9 Å². The largest absolute Gasteiger partial charge is 0.330 e. The van der Waals surface area contributed by atoms with Gasteiger partial charge in [-0.15, -0.1) is 0 Å². The summed E-state index contributed by atoms with van der Waals surface area (Å²) >= 11 is 3.58. The van der Waals surface area contributed by atoms with Gasteiger partial charge in [0.15, 0.2) is 0 Å². The fourth-order valence-electron chi connectivity index (χ4n) is 1.77. The summed E-state index contributed by atoms with van der Waals surface area (Å²) in [5.74, 6) is 0.628. The molecule has 84 valence electrons. The molecule has 1 atom stereocenters. The summed E-state index contributed by atoms with van der Waals surface area (Å²) in [5.41, 5.74) is 7.17. The quantitative estimate of drug-likeness (QED) is 0.836. The number of rotatable bonds is 6. The summed E-state index contributed by atoms with van der Waals surface area (Å²) in [6.07, 6.45) is 4.88. The highest BCUT2D eigenvalue weighted by molar-refractivity contribution is 9.10. The van der Waals surface area contributed by atoms with Crippen LogP contribution in [0.4, 0.5) is 0 Å². The third-order valence-electron chi connectivity index (χ3n) is 2.77. The van der Waals surface area contributed by atoms with Crippen LogP contribution in [0.3, 0.4) is 0 Å². The lowest BCUT2D eigenvalue weighted by molar-refractivity contribution is 0.472. The van der Waals surface area contributed by atoms with Crippen LogP contribution >= 0.6 is 15.9 Å². The molecule has 1 aromatic carbocycles. The molecule has 0 saturated carbocycles. The Morgan fingerprint density at radius 1 is 1.33 bits per heavy atom. The molecule has 2 N–H and O–H groups in total. The lowest BCUT2D eigenvalue weighted by atomic mass is 9.94. The molecule has 0 spiro atoms. The fraction of sp³-hybridized carbons (Fsp3) is 0.538. The van der Waals surface area contributed by atoms with Crippen molar-refractivity contribution in [2.24, 2.45) is 11.7 Å². The number of hydrogen-bond acceptors (Lipinski definition) is 1. The van der Waals surface area contributed by atoms with E-state index in [-0.39, 0.29) is 0 Å². The van der Waals surface area contributed by atoms with Crippen molar-refractivity contribution in [1.29, 1.82) is 0 Å². The molecule has 0 amide bonds. The Labute approximate surface area is 101 Å². The smallest absolute Gasteiger partial charge is 0.0207 e. The third kappa shape index (κ3) is 4.35. The summed E-state index contributed by atoms with van der Waals surface area (Å²) in [7, 11) is 0. The minimum atomic E-state index is 0.628. The van der Waals surface area contributed by atoms with Gasteiger partial charge in [-0.05, 0) is 36.9 Å². The first-order valence-electron chi connectivity index (χ1n) is 5.71. The van der Waals surface area contributed by atoms with E-state index in [9.17, 15) is 0 Å². The highest BCUT2D eigenvalue weighted by Gasteiger charge is 2.08. The molecule has 1 rings (SSSR count). The van der Waals surface area contributed by atoms with Gasteiger partial charge in [0.1, 0.15) is 0 Å². The van der Waals surface area contributed by atoms with Crippen molar-refractivity contribution in [2.45, 2.75) is 32.6 Å². The molecule has 0 radical (unpaired) electrons. The van der Waals surface area contributed by atoms with Gasteiger partial charge in [-0.3, -0.25) is 0 Å². The maximum absolute atomic E-state index is 5.80. The second kappa shape index (κ2) is 7.02. The summed E-state index contributed by atoms with van der Waals surface area (Å²) in [4.78, 5) is 0. The van der Waals surface area contributed by atoms with E-state index in [4.69, 9.17) is 5.73 Å². The zero-order valence-corrected chi connectivity index (χ0v) is 11.0. The van der Waals surface area contributed by atoms with E-state index >= 15 is 0 Å². The summed E-state index contributed by atoms with van der Waals surface area (Å²) in [6, 6.07) is 8.42. The van der Waals surface area contributed by atoms with Crippen molar-refractivity contribution in [3.8, 4) is 0 Å². The van der Waals surface area contributed by atoms with Crippen molar-refractivity contribution in [3.63, 3.8) is 0 Å². The average molecular weight is 270 g/mol. The fourth-order valence-corrected chi connectivity index (χ4v) is 2.22. The molecule has 2 heteroatoms. The van der Waals surface area contributed by atoms with E-state index in [0.717, 1.165) is 13.0 Å². The Hall–Kier alpha value is -0.340. The van der Waals surface area contributed by atoms with Crippen LogP contribution in [0.15, 0.2) is 28.7 Å². The first kappa shape index (κ1) is 12.7. The monoisotopic (exact) mass is 269 g/mol. The standard InChI is InChI=1S/C13H20BrN/c1-2-3-6-11(10-15)9-12-7-4-5-8-13(12)14/h4-5,7-8,11H,2-3,6,9-10,15H2,1H3. The van der Waals surface area contributed by atoms with Crippen molar-refractivity contribution in [1.82, 2.24) is 0 Å². The topological polar surface area (TPSA) is 26.0 Å². The molecular formula is C13H20BrN. The number of nitrogens with two attached hydrogens (primary N) is 1. The summed E-state index contributed by atoms with van der Waals surface area (Å²) in [6.45, 7) is 3.02. The second-order valence-electron chi connectivity index (χ2n) is 4.04. The highest BCUT2D eigenvalue weighted by atomic mass is 79.9. The lowest BCUT2D eigenvalue weighted by Crippen LogP contribution is -2.17. The lowest BCUT2D eigenvalue weighted by Gasteiger charge is -2.15. The average Bonchev–Trinajstić information content (AvgIpc) is 2.26. The molecule has 0 saturated heterocycles. The Bertz CT molecular complexity index is 286. The molecule has 0 aromatic heterocycles. The molecule has 0 heterocycles. The van der Waals surface area contributed by atoms with E-state index in [2.05, 4.69) is 47.1 Å². The Balaban J connectivity index is 2.54. The van der Waals surface area contributed by atoms with Crippen LogP contribution in [0.2, 0.25) is 0 Å². The number of hydrogen-bond donors (Lipinski definition) is 1. The normalized spacial score (nSPS) is 12.7. The van der Waals surface area contributed by atoms with Crippen LogP contribution in [-0.4, -0.2) is 6.54 Å². The maximum atomic E-state index is 5.80. The van der Waals surface area contributed by atoms with Crippen LogP contribution in [0.25, 0.3) is 0 Å². The van der Waals surface area contributed by atoms with Crippen molar-refractivity contribution < 1.29 is 0 Å². The van der Waals surface area contributed by atoms with Crippen molar-refractivity contribution in [2.75, 3.05) is 6.54 Å². The van der Waals surface area contributed by atoms with Gasteiger partial charge < -0.3 is 5.73 Å². The number of halogens is 1. The van der Waals surface area contributed by atoms with Gasteiger partial charge >= 0.3 is 0 Å². The Kier molecular flexibility index (Phi) is 5.96. The SMILES string of the molecule is CCCCC(CN)Cc1ccccc1Br. The molecule has 1 unspecified atom stereocenters. The molecule has 0 aliphatic rings. The molecule has 1 nitrogen and oxygen atoms in total. The molecule has 15 heavy (non-hydrogen) atoms. The molecule has 0 bridgehead atoms. The summed E-state index contributed by atoms with van der Waals surface area (Å²) < 4.78 is 1.21. The van der Waals surface area contributed by atoms with E-state index in [0.29, 0.717) is 5.92 Å². The van der Waals surface area contributed by atoms with Gasteiger partial charge in [-0.2, -0.15) is 0 Å². The maximum Gasteiger partial charge on any atom is 0.0207 e. The van der Waals surface area contributed by atoms with Crippen LogP contribution in [0, 0.1) is 5.92 Å². The molecule has 0 aliphatic heterocycles. The van der Waals surface area contributed by atoms with Crippen molar-refractivity contribution in [3.05, 3.63) is 34.3 Å². The van der Waals surface area contributed by atoms with E-state index in [1.165, 1.54) is 29.3 Å². The Morgan fingerprint density at radius 2 is 2.07 bits per heavy atom. The van der Waals surface area contributed by atoms with E-state index < -0.39 is 0 Å². The van der Waals surface area contributed by atoms with Gasteiger partial charge in [0.2, 0.25) is 0 Å². The van der Waals surface area contributed by atoms with E-state index in [1.807, 2.05) is 0 Å². The van der Waals surface area contributed by atoms with Gasteiger partial charge in [-0.25, -0.2) is 0 Å². The van der Waals surface area contributed by atoms with Crippen molar-refractivity contribution >= 4 is 15.9 Å². The van der Waals surface area contributed by atoms with Crippen LogP contribution in [0.5, 0.6) is 0 Å². The zero-order chi connectivity index (χ0) is 11.1. The van der Waals surface area contributed by atoms with Gasteiger partial charge in [0, 0.05) is 4.47 Å². The highest BCUT2D eigenvalue weighted by Crippen LogP contribution is 2.21. The predicted molar refractivity (Wildman–Crippen MR) is 69.9 cm³/mol. The van der Waals surface area contributed by atoms with Crippen LogP contribution in [0.1, 0.15) is 31.7 Å². The first-order valence-corrected chi connectivity index (χ1v) is 6.50. The Morgan fingerprint density at radius 3 is 2.67 bits per heavy atom. The second-order valence-corrected chi connectivity index (χ2v) is 4.89. The van der Waals surface area contributed by atoms with Crippen LogP contribution in [-0.2, 0) is 6.42 Å². The minimum Gasteiger partial charge on any atom is -0.330 e. The number of unbranched alkanes of at least 4 members (excludes halogenated alkanes) is 1. The summed E-state index contributed by atoms with van der Waals surface area (Å²) in [5, 5.41) is 0. The third-order valence-corrected chi connectivity index (χ3v) is 3.54. The molecule has 1 aromatic rings. The molecule has 0 fully saturated rings. The predicted octanol–water partition coefficient (Wildman–Crippen LogP) is 3.76. The van der Waals surface area contributed by atoms with Gasteiger partial charge in [0.25, 0.3) is 0 Å². The zero-order valence-electron chi connectivity index (χ0n) is 9.38. The van der Waals surface area contributed by atoms with E-state index in [1.54, 1.807) is 0 Å². The van der Waals surface area contributed by atoms with Gasteiger partial charge in [0.05, 0.1) is 0 Å². The first-order chi connectivity index (χ1) is 7.27. The number of benzene rings is 1. The van der Waals surface area contributed by atoms with Crippen LogP contribution < -0.4 is 5.73 Å².